The average Bonchev–Trinajstić information content (AvgIpc) is 3.04. The standard InChI is InChI=1S/C17H21N5O2/c1-12-7-8-14(16(18)23)10-22(12)17(24)15-11-21(20-19-15)9-13-5-3-2-4-6-13/h2-6,11-12,14H,7-10H2,1H3,(H2,18,23)/t12-,14-/m1/s1. The van der Waals surface area contributed by atoms with Crippen molar-refractivity contribution in [3.05, 3.63) is 47.8 Å². The fraction of sp³-hybridized carbons (Fsp3) is 0.412. The minimum absolute atomic E-state index is 0.0624. The van der Waals surface area contributed by atoms with Crippen LogP contribution in [0.15, 0.2) is 36.5 Å². The number of nitrogens with two attached hydrogens (primary N) is 1. The van der Waals surface area contributed by atoms with E-state index >= 15 is 0 Å². The molecular weight excluding hydrogens is 306 g/mol. The zero-order valence-electron chi connectivity index (χ0n) is 13.6. The van der Waals surface area contributed by atoms with E-state index in [1.54, 1.807) is 15.8 Å². The van der Waals surface area contributed by atoms with Crippen molar-refractivity contribution in [2.45, 2.75) is 32.4 Å². The normalized spacial score (nSPS) is 20.8. The van der Waals surface area contributed by atoms with Crippen LogP contribution in [0.2, 0.25) is 0 Å². The molecule has 1 saturated heterocycles. The van der Waals surface area contributed by atoms with E-state index in [9.17, 15) is 9.59 Å². The van der Waals surface area contributed by atoms with Gasteiger partial charge in [-0.1, -0.05) is 35.5 Å². The number of rotatable bonds is 4. The smallest absolute Gasteiger partial charge is 0.276 e. The first-order chi connectivity index (χ1) is 11.5. The van der Waals surface area contributed by atoms with Gasteiger partial charge in [0, 0.05) is 12.6 Å². The number of aromatic nitrogens is 3. The molecule has 7 nitrogen and oxygen atoms in total. The molecule has 0 spiro atoms. The predicted molar refractivity (Wildman–Crippen MR) is 88.0 cm³/mol. The summed E-state index contributed by atoms with van der Waals surface area (Å²) in [5.74, 6) is -0.843. The molecule has 2 atom stereocenters. The van der Waals surface area contributed by atoms with Crippen LogP contribution in [0.1, 0.15) is 35.8 Å². The summed E-state index contributed by atoms with van der Waals surface area (Å²) in [6.07, 6.45) is 3.13. The molecule has 0 saturated carbocycles. The van der Waals surface area contributed by atoms with E-state index in [-0.39, 0.29) is 23.8 Å². The number of primary amides is 1. The molecule has 0 radical (unpaired) electrons. The highest BCUT2D eigenvalue weighted by Crippen LogP contribution is 2.23. The summed E-state index contributed by atoms with van der Waals surface area (Å²) in [6, 6.07) is 9.91. The summed E-state index contributed by atoms with van der Waals surface area (Å²) in [5.41, 5.74) is 6.77. The van der Waals surface area contributed by atoms with Crippen molar-refractivity contribution < 1.29 is 9.59 Å². The largest absolute Gasteiger partial charge is 0.369 e. The third-order valence-electron chi connectivity index (χ3n) is 4.49. The molecule has 1 aliphatic heterocycles. The quantitative estimate of drug-likeness (QED) is 0.908. The Balaban J connectivity index is 1.72. The maximum absolute atomic E-state index is 12.7. The van der Waals surface area contributed by atoms with Crippen LogP contribution in [0.25, 0.3) is 0 Å². The van der Waals surface area contributed by atoms with Crippen molar-refractivity contribution in [1.29, 1.82) is 0 Å². The Bertz CT molecular complexity index is 728. The molecule has 2 amide bonds. The van der Waals surface area contributed by atoms with Gasteiger partial charge in [0.05, 0.1) is 18.7 Å². The number of likely N-dealkylation sites (tertiary alicyclic amines) is 1. The first-order valence-corrected chi connectivity index (χ1v) is 8.09. The molecular formula is C17H21N5O2. The monoisotopic (exact) mass is 327 g/mol. The van der Waals surface area contributed by atoms with Gasteiger partial charge in [0.2, 0.25) is 5.91 Å². The summed E-state index contributed by atoms with van der Waals surface area (Å²) in [7, 11) is 0. The third-order valence-corrected chi connectivity index (χ3v) is 4.49. The second-order valence-electron chi connectivity index (χ2n) is 6.27. The molecule has 1 fully saturated rings. The summed E-state index contributed by atoms with van der Waals surface area (Å²) < 4.78 is 1.64. The van der Waals surface area contributed by atoms with Crippen molar-refractivity contribution in [3.63, 3.8) is 0 Å². The van der Waals surface area contributed by atoms with Gasteiger partial charge in [0.25, 0.3) is 5.91 Å². The molecule has 7 heteroatoms. The van der Waals surface area contributed by atoms with Gasteiger partial charge in [-0.2, -0.15) is 0 Å². The Morgan fingerprint density at radius 1 is 1.25 bits per heavy atom. The zero-order valence-corrected chi connectivity index (χ0v) is 13.6. The average molecular weight is 327 g/mol. The van der Waals surface area contributed by atoms with Crippen molar-refractivity contribution >= 4 is 11.8 Å². The van der Waals surface area contributed by atoms with E-state index in [0.717, 1.165) is 18.4 Å². The molecule has 2 heterocycles. The molecule has 126 valence electrons. The first kappa shape index (κ1) is 16.2. The highest BCUT2D eigenvalue weighted by molar-refractivity contribution is 5.92. The van der Waals surface area contributed by atoms with Crippen LogP contribution in [-0.2, 0) is 11.3 Å². The number of carbonyl (C=O) groups excluding carboxylic acids is 2. The number of benzene rings is 1. The first-order valence-electron chi connectivity index (χ1n) is 8.09. The Morgan fingerprint density at radius 2 is 2.00 bits per heavy atom. The summed E-state index contributed by atoms with van der Waals surface area (Å²) in [4.78, 5) is 25.8. The van der Waals surface area contributed by atoms with Crippen LogP contribution in [0.3, 0.4) is 0 Å². The van der Waals surface area contributed by atoms with E-state index in [4.69, 9.17) is 5.73 Å². The Kier molecular flexibility index (Phi) is 4.59. The van der Waals surface area contributed by atoms with Crippen molar-refractivity contribution in [3.8, 4) is 0 Å². The van der Waals surface area contributed by atoms with E-state index in [0.29, 0.717) is 18.8 Å². The molecule has 0 bridgehead atoms. The summed E-state index contributed by atoms with van der Waals surface area (Å²) in [5, 5.41) is 8.03. The lowest BCUT2D eigenvalue weighted by molar-refractivity contribution is -0.123. The maximum Gasteiger partial charge on any atom is 0.276 e. The second-order valence-corrected chi connectivity index (χ2v) is 6.27. The van der Waals surface area contributed by atoms with Crippen molar-refractivity contribution in [2.24, 2.45) is 11.7 Å². The van der Waals surface area contributed by atoms with Crippen LogP contribution in [0, 0.1) is 5.92 Å². The minimum atomic E-state index is -0.354. The zero-order chi connectivity index (χ0) is 17.1. The molecule has 2 aromatic rings. The number of hydrogen-bond donors (Lipinski definition) is 1. The van der Waals surface area contributed by atoms with E-state index < -0.39 is 0 Å². The van der Waals surface area contributed by atoms with Gasteiger partial charge in [-0.25, -0.2) is 4.68 Å². The molecule has 0 unspecified atom stereocenters. The van der Waals surface area contributed by atoms with Crippen molar-refractivity contribution in [2.75, 3.05) is 6.54 Å². The number of nitrogens with zero attached hydrogens (tertiary/aromatic N) is 4. The van der Waals surface area contributed by atoms with Gasteiger partial charge in [0.15, 0.2) is 5.69 Å². The van der Waals surface area contributed by atoms with Gasteiger partial charge >= 0.3 is 0 Å². The highest BCUT2D eigenvalue weighted by Gasteiger charge is 2.33. The van der Waals surface area contributed by atoms with Crippen molar-refractivity contribution in [1.82, 2.24) is 19.9 Å². The lowest BCUT2D eigenvalue weighted by atomic mass is 9.92. The highest BCUT2D eigenvalue weighted by atomic mass is 16.2. The fourth-order valence-electron chi connectivity index (χ4n) is 3.01. The van der Waals surface area contributed by atoms with Gasteiger partial charge in [-0.3, -0.25) is 9.59 Å². The van der Waals surface area contributed by atoms with E-state index in [2.05, 4.69) is 10.3 Å². The number of amides is 2. The predicted octanol–water partition coefficient (Wildman–Crippen LogP) is 1.05. The van der Waals surface area contributed by atoms with Crippen LogP contribution in [0.4, 0.5) is 0 Å². The van der Waals surface area contributed by atoms with Crippen LogP contribution < -0.4 is 5.73 Å². The van der Waals surface area contributed by atoms with E-state index in [1.165, 1.54) is 0 Å². The molecule has 1 aliphatic rings. The molecule has 0 aliphatic carbocycles. The van der Waals surface area contributed by atoms with Crippen LogP contribution in [0.5, 0.6) is 0 Å². The van der Waals surface area contributed by atoms with Gasteiger partial charge < -0.3 is 10.6 Å². The topological polar surface area (TPSA) is 94.1 Å². The third kappa shape index (κ3) is 3.45. The summed E-state index contributed by atoms with van der Waals surface area (Å²) in [6.45, 7) is 2.88. The molecule has 24 heavy (non-hydrogen) atoms. The van der Waals surface area contributed by atoms with Gasteiger partial charge in [0.1, 0.15) is 0 Å². The number of piperidine rings is 1. The molecule has 1 aromatic carbocycles. The number of hydrogen-bond acceptors (Lipinski definition) is 4. The second kappa shape index (κ2) is 6.82. The molecule has 3 rings (SSSR count). The lowest BCUT2D eigenvalue weighted by Crippen LogP contribution is -2.48. The Hall–Kier alpha value is -2.70. The van der Waals surface area contributed by atoms with E-state index in [1.807, 2.05) is 37.3 Å². The van der Waals surface area contributed by atoms with Crippen LogP contribution >= 0.6 is 0 Å². The van der Waals surface area contributed by atoms with Crippen LogP contribution in [-0.4, -0.2) is 44.3 Å². The maximum atomic E-state index is 12.7. The fourth-order valence-corrected chi connectivity index (χ4v) is 3.01. The Labute approximate surface area is 140 Å². The number of carbonyl (C=O) groups is 2. The minimum Gasteiger partial charge on any atom is -0.369 e. The molecule has 1 aromatic heterocycles. The SMILES string of the molecule is C[C@@H]1CC[C@@H](C(N)=O)CN1C(=O)c1cn(Cc2ccccc2)nn1. The Morgan fingerprint density at radius 3 is 2.71 bits per heavy atom. The van der Waals surface area contributed by atoms with Gasteiger partial charge in [-0.15, -0.1) is 5.10 Å². The summed E-state index contributed by atoms with van der Waals surface area (Å²) >= 11 is 0. The lowest BCUT2D eigenvalue weighted by Gasteiger charge is -2.36. The molecule has 2 N–H and O–H groups in total. The van der Waals surface area contributed by atoms with Gasteiger partial charge in [-0.05, 0) is 25.3 Å².